The van der Waals surface area contributed by atoms with Crippen LogP contribution in [0.1, 0.15) is 74.7 Å². The highest BCUT2D eigenvalue weighted by molar-refractivity contribution is 7.90. The highest BCUT2D eigenvalue weighted by Gasteiger charge is 2.28. The number of esters is 1. The first-order chi connectivity index (χ1) is 11.8. The SMILES string of the molecule is CCOC(=O)C(CCCC(C)N[S+]([O-])C(C)(C)C)NC(=O)OC(C)(C)C. The van der Waals surface area contributed by atoms with E-state index in [0.717, 1.165) is 0 Å². The Kier molecular flexibility index (Phi) is 10.6. The molecule has 0 aliphatic rings. The molecule has 3 unspecified atom stereocenters. The minimum atomic E-state index is -1.15. The van der Waals surface area contributed by atoms with Crippen LogP contribution in [0, 0.1) is 0 Å². The minimum Gasteiger partial charge on any atom is -0.598 e. The Hall–Kier alpha value is -0.990. The molecule has 0 saturated carbocycles. The fraction of sp³-hybridized carbons (Fsp3) is 0.889. The van der Waals surface area contributed by atoms with Crippen LogP contribution in [0.15, 0.2) is 0 Å². The number of carbonyl (C=O) groups excluding carboxylic acids is 2. The van der Waals surface area contributed by atoms with Crippen LogP contribution >= 0.6 is 0 Å². The summed E-state index contributed by atoms with van der Waals surface area (Å²) in [5, 5.41) is 2.58. The van der Waals surface area contributed by atoms with E-state index >= 15 is 0 Å². The summed E-state index contributed by atoms with van der Waals surface area (Å²) in [6, 6.07) is -0.732. The van der Waals surface area contributed by atoms with E-state index in [9.17, 15) is 14.1 Å². The molecule has 7 nitrogen and oxygen atoms in total. The van der Waals surface area contributed by atoms with Crippen molar-refractivity contribution in [3.05, 3.63) is 0 Å². The number of alkyl carbamates (subject to hydrolysis) is 1. The van der Waals surface area contributed by atoms with Gasteiger partial charge in [0.2, 0.25) is 0 Å². The number of amides is 1. The Labute approximate surface area is 161 Å². The summed E-state index contributed by atoms with van der Waals surface area (Å²) in [6.07, 6.45) is 1.16. The van der Waals surface area contributed by atoms with Gasteiger partial charge in [-0.25, -0.2) is 9.59 Å². The van der Waals surface area contributed by atoms with Crippen LogP contribution < -0.4 is 10.0 Å². The molecule has 3 atom stereocenters. The largest absolute Gasteiger partial charge is 0.598 e. The van der Waals surface area contributed by atoms with Gasteiger partial charge in [-0.1, -0.05) is 0 Å². The quantitative estimate of drug-likeness (QED) is 0.462. The van der Waals surface area contributed by atoms with Gasteiger partial charge in [0.25, 0.3) is 0 Å². The van der Waals surface area contributed by atoms with Crippen LogP contribution in [-0.4, -0.2) is 45.7 Å². The summed E-state index contributed by atoms with van der Waals surface area (Å²) in [7, 11) is 0. The number of nitrogens with one attached hydrogen (secondary N) is 2. The Morgan fingerprint density at radius 2 is 1.69 bits per heavy atom. The lowest BCUT2D eigenvalue weighted by Gasteiger charge is -2.26. The second-order valence-electron chi connectivity index (χ2n) is 8.28. The number of carbonyl (C=O) groups is 2. The van der Waals surface area contributed by atoms with Crippen LogP contribution in [0.2, 0.25) is 0 Å². The van der Waals surface area contributed by atoms with Gasteiger partial charge in [0.1, 0.15) is 16.4 Å². The fourth-order valence-corrected chi connectivity index (χ4v) is 2.83. The molecule has 0 aliphatic carbocycles. The number of ether oxygens (including phenoxy) is 2. The van der Waals surface area contributed by atoms with Crippen molar-refractivity contribution in [2.24, 2.45) is 0 Å². The first-order valence-corrected chi connectivity index (χ1v) is 10.3. The molecule has 154 valence electrons. The van der Waals surface area contributed by atoms with Crippen LogP contribution in [0.4, 0.5) is 4.79 Å². The lowest BCUT2D eigenvalue weighted by atomic mass is 10.1. The molecular weight excluding hydrogens is 356 g/mol. The minimum absolute atomic E-state index is 0.0273. The van der Waals surface area contributed by atoms with Gasteiger partial charge in [-0.2, -0.15) is 0 Å². The van der Waals surface area contributed by atoms with E-state index in [1.54, 1.807) is 27.7 Å². The van der Waals surface area contributed by atoms with Crippen LogP contribution in [0.3, 0.4) is 0 Å². The Balaban J connectivity index is 4.56. The smallest absolute Gasteiger partial charge is 0.408 e. The molecule has 8 heteroatoms. The second-order valence-corrected chi connectivity index (χ2v) is 10.3. The third kappa shape index (κ3) is 11.6. The highest BCUT2D eigenvalue weighted by atomic mass is 32.2. The molecule has 0 spiro atoms. The summed E-state index contributed by atoms with van der Waals surface area (Å²) in [4.78, 5) is 24.0. The van der Waals surface area contributed by atoms with Crippen molar-refractivity contribution in [1.29, 1.82) is 0 Å². The van der Waals surface area contributed by atoms with E-state index in [-0.39, 0.29) is 17.4 Å². The van der Waals surface area contributed by atoms with Gasteiger partial charge in [-0.15, -0.1) is 4.72 Å². The van der Waals surface area contributed by atoms with Gasteiger partial charge >= 0.3 is 12.1 Å². The molecular formula is C18H36N2O5S. The molecule has 0 rings (SSSR count). The fourth-order valence-electron chi connectivity index (χ4n) is 1.99. The summed E-state index contributed by atoms with van der Waals surface area (Å²) >= 11 is -1.15. The molecule has 0 heterocycles. The van der Waals surface area contributed by atoms with Crippen LogP contribution in [0.25, 0.3) is 0 Å². The summed E-state index contributed by atoms with van der Waals surface area (Å²) in [5.41, 5.74) is -0.640. The molecule has 0 aliphatic heterocycles. The molecule has 26 heavy (non-hydrogen) atoms. The summed E-state index contributed by atoms with van der Waals surface area (Å²) < 4.78 is 25.1. The van der Waals surface area contributed by atoms with E-state index in [4.69, 9.17) is 9.47 Å². The lowest BCUT2D eigenvalue weighted by molar-refractivity contribution is -0.145. The molecule has 1 amide bonds. The normalized spacial score (nSPS) is 15.7. The van der Waals surface area contributed by atoms with Crippen molar-refractivity contribution in [1.82, 2.24) is 10.0 Å². The standard InChI is InChI=1S/C18H36N2O5S/c1-9-24-15(21)14(19-16(22)25-17(3,4)5)12-10-11-13(2)20-26(23)18(6,7)8/h13-14,20H,9-12H2,1-8H3,(H,19,22). The summed E-state index contributed by atoms with van der Waals surface area (Å²) in [5.74, 6) is -0.475. The zero-order valence-corrected chi connectivity index (χ0v) is 18.2. The van der Waals surface area contributed by atoms with E-state index in [1.165, 1.54) is 0 Å². The maximum atomic E-state index is 12.1. The Bertz CT molecular complexity index is 446. The van der Waals surface area contributed by atoms with Gasteiger partial charge in [0.15, 0.2) is 0 Å². The maximum Gasteiger partial charge on any atom is 0.408 e. The molecule has 0 aromatic heterocycles. The zero-order chi connectivity index (χ0) is 20.5. The van der Waals surface area contributed by atoms with E-state index in [1.807, 2.05) is 27.7 Å². The molecule has 0 bridgehead atoms. The number of hydrogen-bond acceptors (Lipinski definition) is 6. The van der Waals surface area contributed by atoms with E-state index in [0.29, 0.717) is 19.3 Å². The van der Waals surface area contributed by atoms with E-state index in [2.05, 4.69) is 10.0 Å². The first kappa shape index (κ1) is 25.0. The van der Waals surface area contributed by atoms with Gasteiger partial charge < -0.3 is 19.3 Å². The van der Waals surface area contributed by atoms with Crippen LogP contribution in [-0.2, 0) is 25.6 Å². The Morgan fingerprint density at radius 1 is 1.12 bits per heavy atom. The van der Waals surface area contributed by atoms with Crippen molar-refractivity contribution >= 4 is 23.4 Å². The molecule has 0 radical (unpaired) electrons. The molecule has 0 fully saturated rings. The first-order valence-electron chi connectivity index (χ1n) is 9.10. The average molecular weight is 393 g/mol. The Morgan fingerprint density at radius 3 is 2.15 bits per heavy atom. The average Bonchev–Trinajstić information content (AvgIpc) is 2.43. The third-order valence-electron chi connectivity index (χ3n) is 3.26. The van der Waals surface area contributed by atoms with Crippen molar-refractivity contribution in [2.45, 2.75) is 97.1 Å². The second kappa shape index (κ2) is 11.0. The number of rotatable bonds is 9. The van der Waals surface area contributed by atoms with Crippen LogP contribution in [0.5, 0.6) is 0 Å². The van der Waals surface area contributed by atoms with Gasteiger partial charge in [-0.05, 0) is 74.7 Å². The van der Waals surface area contributed by atoms with Gasteiger partial charge in [0, 0.05) is 17.4 Å². The van der Waals surface area contributed by atoms with Gasteiger partial charge in [-0.3, -0.25) is 0 Å². The predicted octanol–water partition coefficient (Wildman–Crippen LogP) is 3.05. The van der Waals surface area contributed by atoms with Crippen molar-refractivity contribution in [3.63, 3.8) is 0 Å². The topological polar surface area (TPSA) is 99.7 Å². The monoisotopic (exact) mass is 392 g/mol. The van der Waals surface area contributed by atoms with Crippen molar-refractivity contribution in [2.75, 3.05) is 6.61 Å². The summed E-state index contributed by atoms with van der Waals surface area (Å²) in [6.45, 7) is 14.9. The lowest BCUT2D eigenvalue weighted by Crippen LogP contribution is -2.45. The van der Waals surface area contributed by atoms with E-state index < -0.39 is 35.1 Å². The molecule has 2 N–H and O–H groups in total. The maximum absolute atomic E-state index is 12.1. The van der Waals surface area contributed by atoms with Gasteiger partial charge in [0.05, 0.1) is 6.61 Å². The van der Waals surface area contributed by atoms with Crippen molar-refractivity contribution < 1.29 is 23.6 Å². The van der Waals surface area contributed by atoms with Crippen molar-refractivity contribution in [3.8, 4) is 0 Å². The highest BCUT2D eigenvalue weighted by Crippen LogP contribution is 2.15. The predicted molar refractivity (Wildman–Crippen MR) is 104 cm³/mol. The molecule has 0 aromatic rings. The molecule has 0 saturated heterocycles. The third-order valence-corrected chi connectivity index (χ3v) is 4.99. The number of hydrogen-bond donors (Lipinski definition) is 2. The molecule has 0 aromatic carbocycles. The zero-order valence-electron chi connectivity index (χ0n) is 17.4.